The van der Waals surface area contributed by atoms with E-state index >= 15 is 0 Å². The summed E-state index contributed by atoms with van der Waals surface area (Å²) in [6.45, 7) is 0. The number of nitrogens with zero attached hydrogens (tertiary/aromatic N) is 1. The molecule has 6 aromatic carbocycles. The Hall–Kier alpha value is -4.56. The largest absolute Gasteiger partial charge is 0.353 e. The van der Waals surface area contributed by atoms with E-state index in [-0.39, 0.29) is 0 Å². The number of fused-ring (bicyclic) bond motifs is 10. The van der Waals surface area contributed by atoms with Gasteiger partial charge in [-0.2, -0.15) is 0 Å². The number of nitrogens with one attached hydrogen (secondary N) is 1. The third kappa shape index (κ3) is 2.29. The zero-order valence-electron chi connectivity index (χ0n) is 18.4. The fourth-order valence-electron chi connectivity index (χ4n) is 5.78. The molecular formula is C32H20N2. The summed E-state index contributed by atoms with van der Waals surface area (Å²) in [7, 11) is 0. The minimum Gasteiger partial charge on any atom is -0.353 e. The lowest BCUT2D eigenvalue weighted by molar-refractivity contribution is 1.19. The lowest BCUT2D eigenvalue weighted by Gasteiger charge is -2.11. The van der Waals surface area contributed by atoms with Crippen LogP contribution in [0.3, 0.4) is 0 Å². The molecule has 0 aliphatic rings. The number of benzene rings is 6. The fourth-order valence-corrected chi connectivity index (χ4v) is 5.78. The monoisotopic (exact) mass is 432 g/mol. The maximum atomic E-state index is 3.73. The van der Waals surface area contributed by atoms with Crippen LogP contribution in [0.1, 0.15) is 0 Å². The number of aromatic amines is 1. The molecule has 34 heavy (non-hydrogen) atoms. The molecule has 158 valence electrons. The predicted octanol–water partition coefficient (Wildman–Crippen LogP) is 8.72. The van der Waals surface area contributed by atoms with Gasteiger partial charge in [0.25, 0.3) is 0 Å². The van der Waals surface area contributed by atoms with Crippen LogP contribution in [0.25, 0.3) is 70.8 Å². The van der Waals surface area contributed by atoms with Gasteiger partial charge < -0.3 is 9.55 Å². The molecular weight excluding hydrogens is 412 g/mol. The van der Waals surface area contributed by atoms with Crippen LogP contribution in [0.5, 0.6) is 0 Å². The Balaban J connectivity index is 1.54. The van der Waals surface area contributed by atoms with Gasteiger partial charge in [-0.25, -0.2) is 0 Å². The second-order valence-electron chi connectivity index (χ2n) is 9.10. The van der Waals surface area contributed by atoms with Crippen LogP contribution < -0.4 is 0 Å². The summed E-state index contributed by atoms with van der Waals surface area (Å²) in [5, 5.41) is 10.2. The number of H-pyrrole nitrogens is 1. The smallest absolute Gasteiger partial charge is 0.0783 e. The molecule has 2 heteroatoms. The van der Waals surface area contributed by atoms with Gasteiger partial charge in [-0.3, -0.25) is 0 Å². The van der Waals surface area contributed by atoms with E-state index in [4.69, 9.17) is 0 Å². The molecule has 0 aliphatic heterocycles. The Morgan fingerprint density at radius 3 is 2.09 bits per heavy atom. The molecule has 0 fully saturated rings. The molecule has 0 unspecified atom stereocenters. The highest BCUT2D eigenvalue weighted by Gasteiger charge is 2.17. The Morgan fingerprint density at radius 1 is 0.471 bits per heavy atom. The van der Waals surface area contributed by atoms with Crippen molar-refractivity contribution in [3.63, 3.8) is 0 Å². The lowest BCUT2D eigenvalue weighted by atomic mass is 10.0. The highest BCUT2D eigenvalue weighted by Crippen LogP contribution is 2.39. The maximum Gasteiger partial charge on any atom is 0.0783 e. The van der Waals surface area contributed by atoms with E-state index in [1.54, 1.807) is 0 Å². The number of aromatic nitrogens is 2. The van der Waals surface area contributed by atoms with Crippen LogP contribution in [-0.4, -0.2) is 9.55 Å². The van der Waals surface area contributed by atoms with Gasteiger partial charge in [0, 0.05) is 32.7 Å². The molecule has 2 nitrogen and oxygen atoms in total. The highest BCUT2D eigenvalue weighted by molar-refractivity contribution is 6.22. The number of rotatable bonds is 1. The summed E-state index contributed by atoms with van der Waals surface area (Å²) >= 11 is 0. The minimum absolute atomic E-state index is 1.17. The van der Waals surface area contributed by atoms with Crippen molar-refractivity contribution >= 4 is 65.2 Å². The summed E-state index contributed by atoms with van der Waals surface area (Å²) in [5.74, 6) is 0. The molecule has 8 aromatic rings. The van der Waals surface area contributed by atoms with Crippen LogP contribution in [0.15, 0.2) is 115 Å². The van der Waals surface area contributed by atoms with Crippen molar-refractivity contribution in [1.82, 2.24) is 9.55 Å². The predicted molar refractivity (Wildman–Crippen MR) is 145 cm³/mol. The van der Waals surface area contributed by atoms with Crippen molar-refractivity contribution in [2.75, 3.05) is 0 Å². The van der Waals surface area contributed by atoms with E-state index < -0.39 is 0 Å². The Morgan fingerprint density at radius 2 is 1.15 bits per heavy atom. The highest BCUT2D eigenvalue weighted by atomic mass is 15.0. The van der Waals surface area contributed by atoms with E-state index in [1.165, 1.54) is 70.8 Å². The van der Waals surface area contributed by atoms with E-state index in [2.05, 4.69) is 125 Å². The van der Waals surface area contributed by atoms with Gasteiger partial charge in [-0.05, 0) is 45.8 Å². The van der Waals surface area contributed by atoms with Gasteiger partial charge >= 0.3 is 0 Å². The van der Waals surface area contributed by atoms with Crippen molar-refractivity contribution in [3.8, 4) is 5.69 Å². The summed E-state index contributed by atoms with van der Waals surface area (Å²) < 4.78 is 2.43. The van der Waals surface area contributed by atoms with Crippen molar-refractivity contribution in [2.45, 2.75) is 0 Å². The van der Waals surface area contributed by atoms with Gasteiger partial charge in [0.05, 0.1) is 16.6 Å². The molecule has 0 bridgehead atoms. The van der Waals surface area contributed by atoms with Crippen molar-refractivity contribution in [1.29, 1.82) is 0 Å². The van der Waals surface area contributed by atoms with E-state index in [0.717, 1.165) is 0 Å². The van der Waals surface area contributed by atoms with Crippen LogP contribution in [-0.2, 0) is 0 Å². The van der Waals surface area contributed by atoms with Crippen molar-refractivity contribution < 1.29 is 0 Å². The molecule has 0 atom stereocenters. The van der Waals surface area contributed by atoms with Crippen molar-refractivity contribution in [2.24, 2.45) is 0 Å². The zero-order valence-corrected chi connectivity index (χ0v) is 18.4. The van der Waals surface area contributed by atoms with Crippen LogP contribution in [0.4, 0.5) is 0 Å². The lowest BCUT2D eigenvalue weighted by Crippen LogP contribution is -1.94. The molecule has 0 amide bonds. The fraction of sp³-hybridized carbons (Fsp3) is 0. The van der Waals surface area contributed by atoms with Crippen molar-refractivity contribution in [3.05, 3.63) is 115 Å². The Labute approximate surface area is 195 Å². The van der Waals surface area contributed by atoms with E-state index in [1.807, 2.05) is 0 Å². The standard InChI is InChI=1S/C32H20N2/c1-2-8-23-20(7-1)13-14-21-19-22(15-16-24(21)23)34-30-12-6-4-10-26(30)28-18-17-27-25-9-3-5-11-29(25)33-31(27)32(28)34/h1-19,33H. The quantitative estimate of drug-likeness (QED) is 0.250. The maximum absolute atomic E-state index is 3.73. The topological polar surface area (TPSA) is 20.7 Å². The number of hydrogen-bond acceptors (Lipinski definition) is 0. The van der Waals surface area contributed by atoms with Gasteiger partial charge in [-0.15, -0.1) is 0 Å². The summed E-state index contributed by atoms with van der Waals surface area (Å²) in [6.07, 6.45) is 0. The van der Waals surface area contributed by atoms with Gasteiger partial charge in [0.15, 0.2) is 0 Å². The second kappa shape index (κ2) is 6.49. The molecule has 8 rings (SSSR count). The first-order chi connectivity index (χ1) is 16.9. The van der Waals surface area contributed by atoms with E-state index in [0.29, 0.717) is 0 Å². The third-order valence-corrected chi connectivity index (χ3v) is 7.30. The molecule has 1 N–H and O–H groups in total. The molecule has 0 spiro atoms. The van der Waals surface area contributed by atoms with Gasteiger partial charge in [-0.1, -0.05) is 91.0 Å². The average molecular weight is 433 g/mol. The minimum atomic E-state index is 1.17. The molecule has 2 heterocycles. The van der Waals surface area contributed by atoms with Crippen LogP contribution >= 0.6 is 0 Å². The molecule has 2 aromatic heterocycles. The Kier molecular flexibility index (Phi) is 3.42. The first-order valence-corrected chi connectivity index (χ1v) is 11.7. The molecule has 0 aliphatic carbocycles. The SMILES string of the molecule is c1ccc2c(c1)ccc1cc(-n3c4ccccc4c4ccc5c6ccccc6[nH]c5c43)ccc12. The summed E-state index contributed by atoms with van der Waals surface area (Å²) in [5.41, 5.74) is 6.00. The Bertz CT molecular complexity index is 2070. The second-order valence-corrected chi connectivity index (χ2v) is 9.10. The van der Waals surface area contributed by atoms with Gasteiger partial charge in [0.1, 0.15) is 0 Å². The normalized spacial score (nSPS) is 12.1. The molecule has 0 radical (unpaired) electrons. The average Bonchev–Trinajstić information content (AvgIpc) is 3.44. The first kappa shape index (κ1) is 17.9. The number of hydrogen-bond donors (Lipinski definition) is 1. The number of para-hydroxylation sites is 2. The molecule has 0 saturated heterocycles. The van der Waals surface area contributed by atoms with E-state index in [9.17, 15) is 0 Å². The third-order valence-electron chi connectivity index (χ3n) is 7.30. The summed E-state index contributed by atoms with van der Waals surface area (Å²) in [6, 6.07) is 41.8. The van der Waals surface area contributed by atoms with Crippen LogP contribution in [0.2, 0.25) is 0 Å². The zero-order chi connectivity index (χ0) is 22.2. The summed E-state index contributed by atoms with van der Waals surface area (Å²) in [4.78, 5) is 3.73. The molecule has 0 saturated carbocycles. The van der Waals surface area contributed by atoms with Crippen LogP contribution in [0, 0.1) is 0 Å². The first-order valence-electron chi connectivity index (χ1n) is 11.7. The van der Waals surface area contributed by atoms with Gasteiger partial charge in [0.2, 0.25) is 0 Å².